The summed E-state index contributed by atoms with van der Waals surface area (Å²) in [7, 11) is 0. The zero-order valence-corrected chi connectivity index (χ0v) is 24.7. The Kier molecular flexibility index (Phi) is 8.39. The first-order chi connectivity index (χ1) is 20.7. The third-order valence-electron chi connectivity index (χ3n) is 7.09. The predicted molar refractivity (Wildman–Crippen MR) is 163 cm³/mol. The standard InChI is InChI=1S/C34H33N5O4/c1-5-8-31-30(19-24-11-13-25(14-12-24)29-10-7-6-9-26(29)20-35)32(41)38(33-36-22-37-39(31)33)27-15-17-28(18-16-27)43-34(3,4)21-42-23(2)40/h6-7,9-18,22H,5,8,19,21H2,1-4H3. The Morgan fingerprint density at radius 2 is 1.74 bits per heavy atom. The summed E-state index contributed by atoms with van der Waals surface area (Å²) < 4.78 is 14.5. The molecule has 0 N–H and O–H groups in total. The average molecular weight is 576 g/mol. The molecule has 0 saturated heterocycles. The van der Waals surface area contributed by atoms with Crippen molar-refractivity contribution in [3.63, 3.8) is 0 Å². The Morgan fingerprint density at radius 3 is 2.42 bits per heavy atom. The molecule has 218 valence electrons. The van der Waals surface area contributed by atoms with Gasteiger partial charge in [-0.15, -0.1) is 0 Å². The Hall–Kier alpha value is -5.23. The van der Waals surface area contributed by atoms with E-state index in [1.807, 2.05) is 56.3 Å². The van der Waals surface area contributed by atoms with Crippen LogP contribution >= 0.6 is 0 Å². The van der Waals surface area contributed by atoms with Crippen molar-refractivity contribution >= 4 is 11.7 Å². The van der Waals surface area contributed by atoms with Crippen LogP contribution in [0.1, 0.15) is 56.5 Å². The number of fused-ring (bicyclic) bond motifs is 1. The summed E-state index contributed by atoms with van der Waals surface area (Å²) in [6, 6.07) is 24.9. The molecule has 5 aromatic rings. The van der Waals surface area contributed by atoms with E-state index >= 15 is 0 Å². The first-order valence-corrected chi connectivity index (χ1v) is 14.2. The minimum atomic E-state index is -0.731. The molecule has 0 saturated carbocycles. The molecule has 2 aromatic heterocycles. The number of hydrogen-bond acceptors (Lipinski definition) is 7. The molecule has 3 aromatic carbocycles. The van der Waals surface area contributed by atoms with Crippen LogP contribution in [0.2, 0.25) is 0 Å². The predicted octanol–water partition coefficient (Wildman–Crippen LogP) is 5.68. The van der Waals surface area contributed by atoms with Gasteiger partial charge in [-0.1, -0.05) is 55.8 Å². The highest BCUT2D eigenvalue weighted by Gasteiger charge is 2.23. The summed E-state index contributed by atoms with van der Waals surface area (Å²) >= 11 is 0. The Balaban J connectivity index is 1.51. The van der Waals surface area contributed by atoms with Gasteiger partial charge in [-0.25, -0.2) is 9.08 Å². The summed E-state index contributed by atoms with van der Waals surface area (Å²) in [4.78, 5) is 29.9. The molecule has 0 bridgehead atoms. The number of nitriles is 1. The number of carbonyl (C=O) groups is 1. The normalized spacial score (nSPS) is 11.3. The lowest BCUT2D eigenvalue weighted by molar-refractivity contribution is -0.146. The van der Waals surface area contributed by atoms with Gasteiger partial charge in [-0.05, 0) is 67.3 Å². The van der Waals surface area contributed by atoms with E-state index in [1.165, 1.54) is 13.3 Å². The van der Waals surface area contributed by atoms with E-state index in [0.29, 0.717) is 41.2 Å². The minimum absolute atomic E-state index is 0.109. The van der Waals surface area contributed by atoms with E-state index in [-0.39, 0.29) is 18.1 Å². The van der Waals surface area contributed by atoms with E-state index in [0.717, 1.165) is 28.8 Å². The smallest absolute Gasteiger partial charge is 0.302 e. The third kappa shape index (κ3) is 6.33. The molecule has 9 nitrogen and oxygen atoms in total. The summed E-state index contributed by atoms with van der Waals surface area (Å²) in [6.07, 6.45) is 3.38. The maximum atomic E-state index is 14.2. The van der Waals surface area contributed by atoms with Gasteiger partial charge < -0.3 is 9.47 Å². The zero-order chi connectivity index (χ0) is 30.6. The van der Waals surface area contributed by atoms with Gasteiger partial charge in [0.25, 0.3) is 5.56 Å². The molecule has 9 heteroatoms. The van der Waals surface area contributed by atoms with Crippen molar-refractivity contribution in [1.82, 2.24) is 19.2 Å². The molecule has 0 aliphatic rings. The van der Waals surface area contributed by atoms with Crippen molar-refractivity contribution in [2.45, 2.75) is 52.6 Å². The fourth-order valence-electron chi connectivity index (χ4n) is 5.09. The fourth-order valence-corrected chi connectivity index (χ4v) is 5.09. The largest absolute Gasteiger partial charge is 0.484 e. The van der Waals surface area contributed by atoms with Gasteiger partial charge in [0, 0.05) is 18.9 Å². The van der Waals surface area contributed by atoms with Crippen molar-refractivity contribution in [3.8, 4) is 28.6 Å². The Morgan fingerprint density at radius 1 is 1.02 bits per heavy atom. The van der Waals surface area contributed by atoms with Crippen LogP contribution in [-0.2, 0) is 22.4 Å². The highest BCUT2D eigenvalue weighted by molar-refractivity contribution is 5.70. The number of nitrogens with zero attached hydrogens (tertiary/aromatic N) is 5. The van der Waals surface area contributed by atoms with Crippen molar-refractivity contribution in [2.24, 2.45) is 0 Å². The Bertz CT molecular complexity index is 1860. The summed E-state index contributed by atoms with van der Waals surface area (Å²) in [5, 5.41) is 14.0. The highest BCUT2D eigenvalue weighted by atomic mass is 16.6. The van der Waals surface area contributed by atoms with Gasteiger partial charge >= 0.3 is 5.97 Å². The molecule has 0 radical (unpaired) electrons. The Labute approximate surface area is 250 Å². The molecule has 0 fully saturated rings. The quantitative estimate of drug-likeness (QED) is 0.197. The van der Waals surface area contributed by atoms with Gasteiger partial charge in [-0.2, -0.15) is 15.3 Å². The number of hydrogen-bond donors (Lipinski definition) is 0. The van der Waals surface area contributed by atoms with Crippen LogP contribution in [0.5, 0.6) is 5.75 Å². The molecule has 0 aliphatic heterocycles. The highest BCUT2D eigenvalue weighted by Crippen LogP contribution is 2.26. The van der Waals surface area contributed by atoms with Gasteiger partial charge in [0.2, 0.25) is 5.78 Å². The maximum absolute atomic E-state index is 14.2. The van der Waals surface area contributed by atoms with Gasteiger partial charge in [-0.3, -0.25) is 9.59 Å². The molecule has 43 heavy (non-hydrogen) atoms. The van der Waals surface area contributed by atoms with Crippen molar-refractivity contribution in [1.29, 1.82) is 5.26 Å². The SMILES string of the molecule is CCCc1c(Cc2ccc(-c3ccccc3C#N)cc2)c(=O)n(-c2ccc(OC(C)(C)COC(C)=O)cc2)c2ncnn12. The number of benzene rings is 3. The minimum Gasteiger partial charge on any atom is -0.484 e. The third-order valence-corrected chi connectivity index (χ3v) is 7.09. The number of aryl methyl sites for hydroxylation is 1. The number of rotatable bonds is 10. The number of carbonyl (C=O) groups excluding carboxylic acids is 1. The van der Waals surface area contributed by atoms with E-state index in [1.54, 1.807) is 39.4 Å². The first kappa shape index (κ1) is 29.3. The molecule has 2 heterocycles. The first-order valence-electron chi connectivity index (χ1n) is 14.2. The molecule has 0 amide bonds. The van der Waals surface area contributed by atoms with Crippen LogP contribution in [0.3, 0.4) is 0 Å². The van der Waals surface area contributed by atoms with E-state index in [4.69, 9.17) is 9.47 Å². The van der Waals surface area contributed by atoms with Crippen molar-refractivity contribution in [3.05, 3.63) is 112 Å². The fraction of sp³-hybridized carbons (Fsp3) is 0.265. The topological polar surface area (TPSA) is 112 Å². The van der Waals surface area contributed by atoms with Crippen LogP contribution in [0, 0.1) is 11.3 Å². The number of aromatic nitrogens is 4. The maximum Gasteiger partial charge on any atom is 0.302 e. The summed E-state index contributed by atoms with van der Waals surface area (Å²) in [5.74, 6) is 0.642. The van der Waals surface area contributed by atoms with Gasteiger partial charge in [0.05, 0.1) is 23.0 Å². The van der Waals surface area contributed by atoms with Crippen LogP contribution in [0.25, 0.3) is 22.6 Å². The average Bonchev–Trinajstić information content (AvgIpc) is 3.48. The molecule has 5 rings (SSSR count). The van der Waals surface area contributed by atoms with E-state index in [9.17, 15) is 14.9 Å². The molecule has 0 unspecified atom stereocenters. The molecular formula is C34H33N5O4. The lowest BCUT2D eigenvalue weighted by atomic mass is 9.97. The second kappa shape index (κ2) is 12.3. The van der Waals surface area contributed by atoms with Crippen LogP contribution < -0.4 is 10.3 Å². The van der Waals surface area contributed by atoms with Crippen molar-refractivity contribution < 1.29 is 14.3 Å². The van der Waals surface area contributed by atoms with Crippen LogP contribution in [0.4, 0.5) is 0 Å². The van der Waals surface area contributed by atoms with Crippen LogP contribution in [0.15, 0.2) is 83.9 Å². The zero-order valence-electron chi connectivity index (χ0n) is 24.7. The molecular weight excluding hydrogens is 542 g/mol. The second-order valence-electron chi connectivity index (χ2n) is 11.0. The monoisotopic (exact) mass is 575 g/mol. The second-order valence-corrected chi connectivity index (χ2v) is 11.0. The lowest BCUT2D eigenvalue weighted by Crippen LogP contribution is -2.34. The summed E-state index contributed by atoms with van der Waals surface area (Å²) in [6.45, 7) is 7.21. The summed E-state index contributed by atoms with van der Waals surface area (Å²) in [5.41, 5.74) is 4.62. The van der Waals surface area contributed by atoms with E-state index < -0.39 is 5.60 Å². The molecule has 0 aliphatic carbocycles. The van der Waals surface area contributed by atoms with Gasteiger partial charge in [0.15, 0.2) is 0 Å². The number of ether oxygens (including phenoxy) is 2. The van der Waals surface area contributed by atoms with Crippen molar-refractivity contribution in [2.75, 3.05) is 6.61 Å². The number of esters is 1. The van der Waals surface area contributed by atoms with E-state index in [2.05, 4.69) is 23.1 Å². The molecule has 0 spiro atoms. The lowest BCUT2D eigenvalue weighted by Gasteiger charge is -2.26. The van der Waals surface area contributed by atoms with Crippen LogP contribution in [-0.4, -0.2) is 37.3 Å². The van der Waals surface area contributed by atoms with Gasteiger partial charge in [0.1, 0.15) is 24.3 Å². The molecule has 0 atom stereocenters.